The number of likely N-dealkylation sites (N-methyl/N-ethyl adjacent to an activating group) is 1. The summed E-state index contributed by atoms with van der Waals surface area (Å²) in [6, 6.07) is 1.52. The number of carbonyl (C=O) groups is 2. The van der Waals surface area contributed by atoms with Crippen LogP contribution in [0.1, 0.15) is 16.1 Å². The summed E-state index contributed by atoms with van der Waals surface area (Å²) in [4.78, 5) is 23.2. The summed E-state index contributed by atoms with van der Waals surface area (Å²) < 4.78 is 5.56. The van der Waals surface area contributed by atoms with Gasteiger partial charge in [0.05, 0.1) is 5.56 Å². The van der Waals surface area contributed by atoms with Crippen molar-refractivity contribution >= 4 is 27.8 Å². The number of carboxylic acid groups (broad SMARTS) is 1. The first-order valence-corrected chi connectivity index (χ1v) is 4.94. The number of aliphatic carboxylic acids is 1. The molecule has 1 aromatic rings. The van der Waals surface area contributed by atoms with Crippen LogP contribution in [0.25, 0.3) is 0 Å². The lowest BCUT2D eigenvalue weighted by Gasteiger charge is -2.13. The zero-order chi connectivity index (χ0) is 11.6. The van der Waals surface area contributed by atoms with Crippen molar-refractivity contribution in [2.75, 3.05) is 13.6 Å². The Hall–Kier alpha value is -1.30. The van der Waals surface area contributed by atoms with Crippen molar-refractivity contribution in [3.63, 3.8) is 0 Å². The van der Waals surface area contributed by atoms with Gasteiger partial charge in [0.25, 0.3) is 5.91 Å². The van der Waals surface area contributed by atoms with Crippen LogP contribution in [0.15, 0.2) is 15.2 Å². The van der Waals surface area contributed by atoms with Gasteiger partial charge in [-0.05, 0) is 22.9 Å². The van der Waals surface area contributed by atoms with Crippen LogP contribution in [-0.2, 0) is 4.79 Å². The molecule has 5 nitrogen and oxygen atoms in total. The second-order valence-corrected chi connectivity index (χ2v) is 3.86. The van der Waals surface area contributed by atoms with Crippen LogP contribution in [0.3, 0.4) is 0 Å². The topological polar surface area (TPSA) is 70.8 Å². The van der Waals surface area contributed by atoms with Gasteiger partial charge in [0.15, 0.2) is 4.67 Å². The molecule has 0 aliphatic carbocycles. The molecule has 0 fully saturated rings. The van der Waals surface area contributed by atoms with Crippen molar-refractivity contribution in [1.82, 2.24) is 4.90 Å². The Morgan fingerprint density at radius 3 is 2.60 bits per heavy atom. The maximum absolute atomic E-state index is 11.7. The van der Waals surface area contributed by atoms with Crippen molar-refractivity contribution in [2.45, 2.75) is 6.92 Å². The number of hydrogen-bond donors (Lipinski definition) is 1. The lowest BCUT2D eigenvalue weighted by Crippen LogP contribution is -2.32. The highest BCUT2D eigenvalue weighted by Crippen LogP contribution is 2.20. The van der Waals surface area contributed by atoms with E-state index >= 15 is 0 Å². The normalized spacial score (nSPS) is 10.1. The van der Waals surface area contributed by atoms with E-state index in [0.29, 0.717) is 16.0 Å². The first-order chi connectivity index (χ1) is 6.91. The lowest BCUT2D eigenvalue weighted by molar-refractivity contribution is -0.137. The molecule has 0 saturated carbocycles. The largest absolute Gasteiger partial charge is 0.480 e. The number of halogens is 1. The molecule has 1 N–H and O–H groups in total. The monoisotopic (exact) mass is 275 g/mol. The Morgan fingerprint density at radius 1 is 1.60 bits per heavy atom. The first kappa shape index (κ1) is 11.8. The molecule has 0 aliphatic heterocycles. The summed E-state index contributed by atoms with van der Waals surface area (Å²) in [6.45, 7) is 1.31. The molecule has 0 saturated heterocycles. The van der Waals surface area contributed by atoms with Crippen LogP contribution >= 0.6 is 15.9 Å². The Kier molecular flexibility index (Phi) is 3.52. The molecule has 15 heavy (non-hydrogen) atoms. The lowest BCUT2D eigenvalue weighted by atomic mass is 10.2. The number of aryl methyl sites for hydroxylation is 1. The maximum atomic E-state index is 11.7. The molecular formula is C9H10BrNO4. The van der Waals surface area contributed by atoms with E-state index in [1.54, 1.807) is 6.92 Å². The van der Waals surface area contributed by atoms with E-state index < -0.39 is 5.97 Å². The average molecular weight is 276 g/mol. The SMILES string of the molecule is Cc1oc(Br)cc1C(=O)N(C)CC(=O)O. The van der Waals surface area contributed by atoms with E-state index in [9.17, 15) is 9.59 Å². The number of carboxylic acids is 1. The fourth-order valence-electron chi connectivity index (χ4n) is 1.14. The highest BCUT2D eigenvalue weighted by molar-refractivity contribution is 9.10. The molecule has 0 spiro atoms. The van der Waals surface area contributed by atoms with Gasteiger partial charge in [-0.15, -0.1) is 0 Å². The van der Waals surface area contributed by atoms with Crippen molar-refractivity contribution in [1.29, 1.82) is 0 Å². The van der Waals surface area contributed by atoms with E-state index in [4.69, 9.17) is 9.52 Å². The molecule has 0 unspecified atom stereocenters. The van der Waals surface area contributed by atoms with E-state index in [1.165, 1.54) is 13.1 Å². The van der Waals surface area contributed by atoms with Gasteiger partial charge in [-0.25, -0.2) is 0 Å². The van der Waals surface area contributed by atoms with Crippen molar-refractivity contribution in [3.8, 4) is 0 Å². The van der Waals surface area contributed by atoms with Gasteiger partial charge in [0.1, 0.15) is 12.3 Å². The van der Waals surface area contributed by atoms with Gasteiger partial charge in [-0.1, -0.05) is 0 Å². The minimum atomic E-state index is -1.05. The van der Waals surface area contributed by atoms with Crippen LogP contribution in [0.2, 0.25) is 0 Å². The number of amides is 1. The number of nitrogens with zero attached hydrogens (tertiary/aromatic N) is 1. The fourth-order valence-corrected chi connectivity index (χ4v) is 1.61. The molecule has 1 heterocycles. The van der Waals surface area contributed by atoms with E-state index in [2.05, 4.69) is 15.9 Å². The Bertz CT molecular complexity index is 399. The number of furan rings is 1. The number of rotatable bonds is 3. The van der Waals surface area contributed by atoms with Crippen molar-refractivity contribution in [2.24, 2.45) is 0 Å². The predicted molar refractivity (Wildman–Crippen MR) is 55.7 cm³/mol. The summed E-state index contributed by atoms with van der Waals surface area (Å²) in [6.07, 6.45) is 0. The molecule has 0 aromatic carbocycles. The maximum Gasteiger partial charge on any atom is 0.323 e. The quantitative estimate of drug-likeness (QED) is 0.908. The average Bonchev–Trinajstić information content (AvgIpc) is 2.42. The third kappa shape index (κ3) is 2.82. The second kappa shape index (κ2) is 4.48. The molecular weight excluding hydrogens is 266 g/mol. The molecule has 1 rings (SSSR count). The van der Waals surface area contributed by atoms with E-state index in [1.807, 2.05) is 0 Å². The Morgan fingerprint density at radius 2 is 2.20 bits per heavy atom. The molecule has 0 radical (unpaired) electrons. The first-order valence-electron chi connectivity index (χ1n) is 4.15. The summed E-state index contributed by atoms with van der Waals surface area (Å²) in [7, 11) is 1.43. The summed E-state index contributed by atoms with van der Waals surface area (Å²) in [5.41, 5.74) is 0.366. The molecule has 0 aliphatic rings. The van der Waals surface area contributed by atoms with Gasteiger partial charge in [0.2, 0.25) is 0 Å². The fraction of sp³-hybridized carbons (Fsp3) is 0.333. The van der Waals surface area contributed by atoms with Crippen molar-refractivity contribution < 1.29 is 19.1 Å². The highest BCUT2D eigenvalue weighted by Gasteiger charge is 2.19. The molecule has 6 heteroatoms. The van der Waals surface area contributed by atoms with Gasteiger partial charge in [-0.3, -0.25) is 9.59 Å². The Labute approximate surface area is 94.8 Å². The van der Waals surface area contributed by atoms with Gasteiger partial charge >= 0.3 is 5.97 Å². The minimum Gasteiger partial charge on any atom is -0.480 e. The van der Waals surface area contributed by atoms with Crippen molar-refractivity contribution in [3.05, 3.63) is 22.1 Å². The molecule has 0 atom stereocenters. The molecule has 1 aromatic heterocycles. The minimum absolute atomic E-state index is 0.332. The van der Waals surface area contributed by atoms with Crippen LogP contribution < -0.4 is 0 Å². The van der Waals surface area contributed by atoms with Crippen LogP contribution in [0.4, 0.5) is 0 Å². The number of hydrogen-bond acceptors (Lipinski definition) is 3. The second-order valence-electron chi connectivity index (χ2n) is 3.08. The Balaban J connectivity index is 2.84. The van der Waals surface area contributed by atoms with Crippen LogP contribution in [0.5, 0.6) is 0 Å². The zero-order valence-corrected chi connectivity index (χ0v) is 9.87. The highest BCUT2D eigenvalue weighted by atomic mass is 79.9. The van der Waals surface area contributed by atoms with Crippen LogP contribution in [0, 0.1) is 6.92 Å². The summed E-state index contributed by atoms with van der Waals surface area (Å²) >= 11 is 3.10. The number of carbonyl (C=O) groups excluding carboxylic acids is 1. The predicted octanol–water partition coefficient (Wildman–Crippen LogP) is 1.51. The standard InChI is InChI=1S/C9H10BrNO4/c1-5-6(3-7(10)15-5)9(14)11(2)4-8(12)13/h3H,4H2,1-2H3,(H,12,13). The summed E-state index contributed by atoms with van der Waals surface area (Å²) in [5.74, 6) is -0.959. The molecule has 1 amide bonds. The summed E-state index contributed by atoms with van der Waals surface area (Å²) in [5, 5.41) is 8.53. The third-order valence-corrected chi connectivity index (χ3v) is 2.23. The van der Waals surface area contributed by atoms with Gasteiger partial charge < -0.3 is 14.4 Å². The molecule has 0 bridgehead atoms. The zero-order valence-electron chi connectivity index (χ0n) is 8.28. The third-order valence-electron chi connectivity index (χ3n) is 1.84. The van der Waals surface area contributed by atoms with E-state index in [-0.39, 0.29) is 12.5 Å². The van der Waals surface area contributed by atoms with E-state index in [0.717, 1.165) is 4.90 Å². The van der Waals surface area contributed by atoms with Gasteiger partial charge in [0, 0.05) is 13.1 Å². The molecule has 82 valence electrons. The van der Waals surface area contributed by atoms with Gasteiger partial charge in [-0.2, -0.15) is 0 Å². The van der Waals surface area contributed by atoms with Crippen LogP contribution in [-0.4, -0.2) is 35.5 Å². The smallest absolute Gasteiger partial charge is 0.323 e.